The Morgan fingerprint density at radius 1 is 1.25 bits per heavy atom. The maximum atomic E-state index is 5.55. The Morgan fingerprint density at radius 2 is 2.00 bits per heavy atom. The number of hydrogen-bond acceptors (Lipinski definition) is 4. The molecule has 0 fully saturated rings. The van der Waals surface area contributed by atoms with Gasteiger partial charge in [0, 0.05) is 0 Å². The van der Waals surface area contributed by atoms with E-state index < -0.39 is 0 Å². The van der Waals surface area contributed by atoms with Crippen molar-refractivity contribution in [2.45, 2.75) is 19.8 Å². The predicted octanol–water partition coefficient (Wildman–Crippen LogP) is 4.05. The highest BCUT2D eigenvalue weighted by Gasteiger charge is 2.03. The second-order valence-electron chi connectivity index (χ2n) is 3.32. The fourth-order valence-electron chi connectivity index (χ4n) is 1.35. The predicted molar refractivity (Wildman–Crippen MR) is 68.1 cm³/mol. The number of nitrogens with zero attached hydrogens (tertiary/aromatic N) is 2. The zero-order chi connectivity index (χ0) is 11.4. The molecule has 3 nitrogen and oxygen atoms in total. The lowest BCUT2D eigenvalue weighted by Crippen LogP contribution is -1.85. The largest absolute Gasteiger partial charge is 0.430 e. The van der Waals surface area contributed by atoms with Crippen LogP contribution in [-0.2, 0) is 6.42 Å². The maximum absolute atomic E-state index is 5.55. The van der Waals surface area contributed by atoms with Crippen molar-refractivity contribution in [1.29, 1.82) is 0 Å². The Balaban J connectivity index is 2.05. The summed E-state index contributed by atoms with van der Waals surface area (Å²) in [6.07, 6.45) is 2.26. The van der Waals surface area contributed by atoms with Gasteiger partial charge in [-0.2, -0.15) is 0 Å². The molecule has 0 unspecified atom stereocenters. The van der Waals surface area contributed by atoms with E-state index in [1.54, 1.807) is 0 Å². The van der Waals surface area contributed by atoms with Crippen LogP contribution in [0.1, 0.15) is 18.9 Å². The van der Waals surface area contributed by atoms with Gasteiger partial charge in [0.1, 0.15) is 5.75 Å². The molecule has 2 aromatic rings. The molecular formula is C11H11BrN2OS. The smallest absolute Gasteiger partial charge is 0.300 e. The van der Waals surface area contributed by atoms with Crippen LogP contribution >= 0.6 is 27.3 Å². The van der Waals surface area contributed by atoms with Crippen LogP contribution in [0.2, 0.25) is 0 Å². The molecule has 0 aliphatic rings. The van der Waals surface area contributed by atoms with Crippen molar-refractivity contribution in [3.05, 3.63) is 33.7 Å². The van der Waals surface area contributed by atoms with Crippen molar-refractivity contribution in [2.75, 3.05) is 0 Å². The van der Waals surface area contributed by atoms with E-state index in [0.29, 0.717) is 5.19 Å². The van der Waals surface area contributed by atoms with Crippen molar-refractivity contribution in [3.63, 3.8) is 0 Å². The standard InChI is InChI=1S/C11H11BrN2OS/c1-2-3-8-4-6-9(7-5-8)15-11-14-13-10(12)16-11/h4-7H,2-3H2,1H3. The topological polar surface area (TPSA) is 35.0 Å². The second kappa shape index (κ2) is 5.41. The molecule has 0 N–H and O–H groups in total. The summed E-state index contributed by atoms with van der Waals surface area (Å²) in [6.45, 7) is 2.17. The number of halogens is 1. The summed E-state index contributed by atoms with van der Waals surface area (Å²) in [5, 5.41) is 8.24. The molecule has 0 radical (unpaired) electrons. The molecule has 84 valence electrons. The number of ether oxygens (including phenoxy) is 1. The molecule has 1 aromatic carbocycles. The lowest BCUT2D eigenvalue weighted by atomic mass is 10.1. The van der Waals surface area contributed by atoms with E-state index in [0.717, 1.165) is 22.5 Å². The molecule has 2 rings (SSSR count). The average molecular weight is 299 g/mol. The minimum atomic E-state index is 0.551. The fraction of sp³-hybridized carbons (Fsp3) is 0.273. The molecule has 0 aliphatic carbocycles. The van der Waals surface area contributed by atoms with Gasteiger partial charge in [0.15, 0.2) is 3.92 Å². The zero-order valence-corrected chi connectivity index (χ0v) is 11.2. The average Bonchev–Trinajstić information content (AvgIpc) is 2.67. The van der Waals surface area contributed by atoms with Crippen molar-refractivity contribution in [1.82, 2.24) is 10.2 Å². The first-order valence-electron chi connectivity index (χ1n) is 5.03. The van der Waals surface area contributed by atoms with Gasteiger partial charge in [0.25, 0.3) is 5.19 Å². The van der Waals surface area contributed by atoms with Gasteiger partial charge < -0.3 is 4.74 Å². The maximum Gasteiger partial charge on any atom is 0.300 e. The highest BCUT2D eigenvalue weighted by molar-refractivity contribution is 9.11. The SMILES string of the molecule is CCCc1ccc(Oc2nnc(Br)s2)cc1. The Hall–Kier alpha value is -0.940. The van der Waals surface area contributed by atoms with Crippen LogP contribution in [0.4, 0.5) is 0 Å². The van der Waals surface area contributed by atoms with E-state index >= 15 is 0 Å². The van der Waals surface area contributed by atoms with Crippen molar-refractivity contribution in [3.8, 4) is 10.9 Å². The van der Waals surface area contributed by atoms with Gasteiger partial charge in [0.2, 0.25) is 0 Å². The minimum Gasteiger partial charge on any atom is -0.430 e. The molecular weight excluding hydrogens is 288 g/mol. The van der Waals surface area contributed by atoms with Gasteiger partial charge in [-0.3, -0.25) is 0 Å². The monoisotopic (exact) mass is 298 g/mol. The van der Waals surface area contributed by atoms with Gasteiger partial charge in [-0.05, 0) is 51.4 Å². The van der Waals surface area contributed by atoms with Gasteiger partial charge in [0.05, 0.1) is 0 Å². The van der Waals surface area contributed by atoms with E-state index in [1.807, 2.05) is 12.1 Å². The summed E-state index contributed by atoms with van der Waals surface area (Å²) in [4.78, 5) is 0. The number of hydrogen-bond donors (Lipinski definition) is 0. The first-order chi connectivity index (χ1) is 7.78. The van der Waals surface area contributed by atoms with Crippen molar-refractivity contribution in [2.24, 2.45) is 0 Å². The molecule has 0 saturated heterocycles. The van der Waals surface area contributed by atoms with E-state index in [9.17, 15) is 0 Å². The van der Waals surface area contributed by atoms with Crippen molar-refractivity contribution < 1.29 is 4.74 Å². The number of benzene rings is 1. The Morgan fingerprint density at radius 3 is 2.56 bits per heavy atom. The summed E-state index contributed by atoms with van der Waals surface area (Å²) < 4.78 is 6.27. The lowest BCUT2D eigenvalue weighted by Gasteiger charge is -2.02. The van der Waals surface area contributed by atoms with Gasteiger partial charge in [-0.15, -0.1) is 5.10 Å². The molecule has 0 saturated carbocycles. The minimum absolute atomic E-state index is 0.551. The lowest BCUT2D eigenvalue weighted by molar-refractivity contribution is 0.473. The Bertz CT molecular complexity index is 455. The molecule has 16 heavy (non-hydrogen) atoms. The fourth-order valence-corrected chi connectivity index (χ4v) is 2.29. The van der Waals surface area contributed by atoms with Crippen LogP contribution in [0.15, 0.2) is 28.2 Å². The number of rotatable bonds is 4. The molecule has 1 aromatic heterocycles. The summed E-state index contributed by atoms with van der Waals surface area (Å²) in [5.41, 5.74) is 1.33. The summed E-state index contributed by atoms with van der Waals surface area (Å²) in [6, 6.07) is 8.07. The highest BCUT2D eigenvalue weighted by Crippen LogP contribution is 2.27. The van der Waals surface area contributed by atoms with Crippen LogP contribution in [0.3, 0.4) is 0 Å². The third kappa shape index (κ3) is 3.02. The highest BCUT2D eigenvalue weighted by atomic mass is 79.9. The summed E-state index contributed by atoms with van der Waals surface area (Å²) in [7, 11) is 0. The number of aryl methyl sites for hydroxylation is 1. The molecule has 0 bridgehead atoms. The van der Waals surface area contributed by atoms with Gasteiger partial charge in [-0.1, -0.05) is 30.6 Å². The molecule has 0 spiro atoms. The normalized spacial score (nSPS) is 10.4. The van der Waals surface area contributed by atoms with E-state index in [-0.39, 0.29) is 0 Å². The third-order valence-corrected chi connectivity index (χ3v) is 3.28. The zero-order valence-electron chi connectivity index (χ0n) is 8.81. The summed E-state index contributed by atoms with van der Waals surface area (Å²) in [5.74, 6) is 0.795. The molecule has 5 heteroatoms. The Labute approximate surface area is 107 Å². The molecule has 0 aliphatic heterocycles. The summed E-state index contributed by atoms with van der Waals surface area (Å²) >= 11 is 4.61. The van der Waals surface area contributed by atoms with E-state index in [2.05, 4.69) is 45.2 Å². The van der Waals surface area contributed by atoms with E-state index in [1.165, 1.54) is 16.9 Å². The van der Waals surface area contributed by atoms with Gasteiger partial charge >= 0.3 is 0 Å². The second-order valence-corrected chi connectivity index (χ2v) is 5.53. The van der Waals surface area contributed by atoms with Crippen LogP contribution < -0.4 is 4.74 Å². The van der Waals surface area contributed by atoms with Crippen LogP contribution in [0.5, 0.6) is 10.9 Å². The quantitative estimate of drug-likeness (QED) is 0.854. The van der Waals surface area contributed by atoms with Crippen LogP contribution in [0.25, 0.3) is 0 Å². The Kier molecular flexibility index (Phi) is 3.90. The first kappa shape index (κ1) is 11.5. The third-order valence-electron chi connectivity index (χ3n) is 2.05. The molecule has 0 atom stereocenters. The van der Waals surface area contributed by atoms with E-state index in [4.69, 9.17) is 4.74 Å². The first-order valence-corrected chi connectivity index (χ1v) is 6.64. The molecule has 0 amide bonds. The van der Waals surface area contributed by atoms with Crippen LogP contribution in [0, 0.1) is 0 Å². The van der Waals surface area contributed by atoms with Crippen LogP contribution in [-0.4, -0.2) is 10.2 Å². The van der Waals surface area contributed by atoms with Gasteiger partial charge in [-0.25, -0.2) is 0 Å². The molecule has 1 heterocycles. The number of aromatic nitrogens is 2. The van der Waals surface area contributed by atoms with Crippen molar-refractivity contribution >= 4 is 27.3 Å².